The van der Waals surface area contributed by atoms with Gasteiger partial charge in [-0.1, -0.05) is 0 Å². The average Bonchev–Trinajstić information content (AvgIpc) is 2.89. The van der Waals surface area contributed by atoms with Crippen LogP contribution >= 0.6 is 0 Å². The minimum Gasteiger partial charge on any atom is -0.368 e. The lowest BCUT2D eigenvalue weighted by atomic mass is 10.1. The summed E-state index contributed by atoms with van der Waals surface area (Å²) < 4.78 is 13.0. The number of hydrogen-bond donors (Lipinski definition) is 4. The van der Waals surface area contributed by atoms with Gasteiger partial charge in [0.25, 0.3) is 5.56 Å². The zero-order valence-corrected chi connectivity index (χ0v) is 12.3. The molecule has 3 aromatic rings. The molecule has 6 nitrogen and oxygen atoms in total. The number of aryl methyl sites for hydroxylation is 1. The standard InChI is InChI=1S/C16H15FN4O2/c1-9-8-13(18-15(9)10-2-4-11(17)5-3-10)19-16(23)12-6-7-14(22)21-20-12/h2-8,16,18-19,23H,1H3,(H,21,22). The number of nitrogens with one attached hydrogen (secondary N) is 3. The average molecular weight is 314 g/mol. The SMILES string of the molecule is Cc1cc(NC(O)c2ccc(=O)[nH]n2)[nH]c1-c1ccc(F)cc1. The number of benzene rings is 1. The fourth-order valence-corrected chi connectivity index (χ4v) is 2.28. The van der Waals surface area contributed by atoms with Crippen LogP contribution in [0.25, 0.3) is 11.3 Å². The molecule has 0 aliphatic carbocycles. The maximum absolute atomic E-state index is 13.0. The van der Waals surface area contributed by atoms with Crippen LogP contribution in [0.4, 0.5) is 10.2 Å². The number of aromatic amines is 2. The molecule has 0 radical (unpaired) electrons. The highest BCUT2D eigenvalue weighted by molar-refractivity contribution is 5.67. The van der Waals surface area contributed by atoms with Gasteiger partial charge in [-0.05, 0) is 54.4 Å². The molecule has 0 fully saturated rings. The molecule has 4 N–H and O–H groups in total. The summed E-state index contributed by atoms with van der Waals surface area (Å²) >= 11 is 0. The lowest BCUT2D eigenvalue weighted by Crippen LogP contribution is -2.15. The van der Waals surface area contributed by atoms with Gasteiger partial charge in [0, 0.05) is 11.8 Å². The van der Waals surface area contributed by atoms with Crippen LogP contribution in [0.1, 0.15) is 17.5 Å². The molecule has 0 amide bonds. The Bertz CT molecular complexity index is 850. The predicted octanol–water partition coefficient (Wildman–Crippen LogP) is 2.32. The van der Waals surface area contributed by atoms with Gasteiger partial charge >= 0.3 is 0 Å². The van der Waals surface area contributed by atoms with Crippen LogP contribution in [0, 0.1) is 12.7 Å². The number of nitrogens with zero attached hydrogens (tertiary/aromatic N) is 1. The molecule has 0 spiro atoms. The molecule has 118 valence electrons. The zero-order chi connectivity index (χ0) is 16.4. The normalized spacial score (nSPS) is 12.1. The predicted molar refractivity (Wildman–Crippen MR) is 84.4 cm³/mol. The number of aromatic nitrogens is 3. The van der Waals surface area contributed by atoms with Gasteiger partial charge in [-0.15, -0.1) is 0 Å². The van der Waals surface area contributed by atoms with Gasteiger partial charge in [-0.2, -0.15) is 5.10 Å². The topological polar surface area (TPSA) is 93.8 Å². The van der Waals surface area contributed by atoms with Crippen molar-refractivity contribution in [1.82, 2.24) is 15.2 Å². The maximum Gasteiger partial charge on any atom is 0.264 e. The molecular formula is C16H15FN4O2. The highest BCUT2D eigenvalue weighted by Gasteiger charge is 2.12. The Morgan fingerprint density at radius 1 is 1.22 bits per heavy atom. The Labute approximate surface area is 131 Å². The fraction of sp³-hybridized carbons (Fsp3) is 0.125. The highest BCUT2D eigenvalue weighted by atomic mass is 19.1. The largest absolute Gasteiger partial charge is 0.368 e. The minimum atomic E-state index is -1.08. The Morgan fingerprint density at radius 3 is 2.61 bits per heavy atom. The first-order chi connectivity index (χ1) is 11.0. The number of aliphatic hydroxyl groups excluding tert-OH is 1. The van der Waals surface area contributed by atoms with Crippen LogP contribution in [-0.2, 0) is 0 Å². The summed E-state index contributed by atoms with van der Waals surface area (Å²) in [6, 6.07) is 10.7. The number of halogens is 1. The van der Waals surface area contributed by atoms with Crippen LogP contribution in [0.15, 0.2) is 47.3 Å². The number of rotatable bonds is 4. The first-order valence-electron chi connectivity index (χ1n) is 6.99. The number of hydrogen-bond acceptors (Lipinski definition) is 4. The van der Waals surface area contributed by atoms with Crippen molar-refractivity contribution < 1.29 is 9.50 Å². The number of anilines is 1. The van der Waals surface area contributed by atoms with Crippen molar-refractivity contribution in [1.29, 1.82) is 0 Å². The molecule has 0 aliphatic heterocycles. The van der Waals surface area contributed by atoms with Crippen LogP contribution in [0.2, 0.25) is 0 Å². The minimum absolute atomic E-state index is 0.292. The van der Waals surface area contributed by atoms with E-state index in [-0.39, 0.29) is 11.4 Å². The summed E-state index contributed by atoms with van der Waals surface area (Å²) in [4.78, 5) is 14.1. The Morgan fingerprint density at radius 2 is 1.96 bits per heavy atom. The lowest BCUT2D eigenvalue weighted by Gasteiger charge is -2.11. The van der Waals surface area contributed by atoms with Gasteiger partial charge in [-0.25, -0.2) is 9.49 Å². The van der Waals surface area contributed by atoms with Gasteiger partial charge in [0.2, 0.25) is 0 Å². The van der Waals surface area contributed by atoms with Crippen molar-refractivity contribution in [2.24, 2.45) is 0 Å². The van der Waals surface area contributed by atoms with Crippen LogP contribution < -0.4 is 10.9 Å². The van der Waals surface area contributed by atoms with E-state index in [1.807, 2.05) is 13.0 Å². The van der Waals surface area contributed by atoms with E-state index in [9.17, 15) is 14.3 Å². The van der Waals surface area contributed by atoms with E-state index < -0.39 is 6.23 Å². The van der Waals surface area contributed by atoms with Crippen molar-refractivity contribution in [2.75, 3.05) is 5.32 Å². The fourth-order valence-electron chi connectivity index (χ4n) is 2.28. The number of aliphatic hydroxyl groups is 1. The summed E-state index contributed by atoms with van der Waals surface area (Å²) in [6.45, 7) is 1.91. The molecule has 0 aliphatic rings. The van der Waals surface area contributed by atoms with E-state index >= 15 is 0 Å². The van der Waals surface area contributed by atoms with Crippen molar-refractivity contribution in [3.05, 3.63) is 69.9 Å². The van der Waals surface area contributed by atoms with Crippen LogP contribution in [0.3, 0.4) is 0 Å². The second-order valence-electron chi connectivity index (χ2n) is 5.14. The van der Waals surface area contributed by atoms with E-state index in [1.165, 1.54) is 24.3 Å². The van der Waals surface area contributed by atoms with Crippen molar-refractivity contribution in [3.8, 4) is 11.3 Å². The third-order valence-corrected chi connectivity index (χ3v) is 3.42. The van der Waals surface area contributed by atoms with Crippen molar-refractivity contribution in [3.63, 3.8) is 0 Å². The van der Waals surface area contributed by atoms with Gasteiger partial charge in [0.15, 0.2) is 6.23 Å². The third-order valence-electron chi connectivity index (χ3n) is 3.42. The molecule has 23 heavy (non-hydrogen) atoms. The van der Waals surface area contributed by atoms with Crippen molar-refractivity contribution >= 4 is 5.82 Å². The van der Waals surface area contributed by atoms with Gasteiger partial charge in [-0.3, -0.25) is 4.79 Å². The maximum atomic E-state index is 13.0. The van der Waals surface area contributed by atoms with E-state index in [0.717, 1.165) is 16.8 Å². The first-order valence-corrected chi connectivity index (χ1v) is 6.99. The summed E-state index contributed by atoms with van der Waals surface area (Å²) in [5.41, 5.74) is 2.57. The Hall–Kier alpha value is -2.93. The Kier molecular flexibility index (Phi) is 3.94. The van der Waals surface area contributed by atoms with Gasteiger partial charge < -0.3 is 15.4 Å². The Balaban J connectivity index is 1.81. The second-order valence-corrected chi connectivity index (χ2v) is 5.14. The molecular weight excluding hydrogens is 299 g/mol. The molecule has 0 bridgehead atoms. The lowest BCUT2D eigenvalue weighted by molar-refractivity contribution is 0.201. The van der Waals surface area contributed by atoms with E-state index in [0.29, 0.717) is 11.5 Å². The molecule has 7 heteroatoms. The zero-order valence-electron chi connectivity index (χ0n) is 12.3. The first kappa shape index (κ1) is 15.0. The van der Waals surface area contributed by atoms with E-state index in [1.54, 1.807) is 12.1 Å². The smallest absolute Gasteiger partial charge is 0.264 e. The summed E-state index contributed by atoms with van der Waals surface area (Å²) in [5.74, 6) is 0.290. The molecule has 0 saturated carbocycles. The summed E-state index contributed by atoms with van der Waals surface area (Å²) in [5, 5.41) is 19.0. The van der Waals surface area contributed by atoms with E-state index in [4.69, 9.17) is 0 Å². The molecule has 1 aromatic carbocycles. The summed E-state index contributed by atoms with van der Waals surface area (Å²) in [6.07, 6.45) is -1.08. The molecule has 3 rings (SSSR count). The quantitative estimate of drug-likeness (QED) is 0.556. The van der Waals surface area contributed by atoms with Crippen molar-refractivity contribution in [2.45, 2.75) is 13.2 Å². The third kappa shape index (κ3) is 3.29. The summed E-state index contributed by atoms with van der Waals surface area (Å²) in [7, 11) is 0. The molecule has 0 saturated heterocycles. The van der Waals surface area contributed by atoms with Gasteiger partial charge in [0.05, 0.1) is 0 Å². The molecule has 1 atom stereocenters. The number of H-pyrrole nitrogens is 2. The van der Waals surface area contributed by atoms with Gasteiger partial charge in [0.1, 0.15) is 17.3 Å². The van der Waals surface area contributed by atoms with Crippen LogP contribution in [-0.4, -0.2) is 20.3 Å². The van der Waals surface area contributed by atoms with E-state index in [2.05, 4.69) is 20.5 Å². The molecule has 2 aromatic heterocycles. The molecule has 1 unspecified atom stereocenters. The monoisotopic (exact) mass is 314 g/mol. The second kappa shape index (κ2) is 6.05. The molecule has 2 heterocycles. The van der Waals surface area contributed by atoms with Crippen LogP contribution in [0.5, 0.6) is 0 Å². The highest BCUT2D eigenvalue weighted by Crippen LogP contribution is 2.26.